The van der Waals surface area contributed by atoms with E-state index in [0.717, 1.165) is 64.2 Å². The second-order valence-electron chi connectivity index (χ2n) is 12.0. The van der Waals surface area contributed by atoms with Crippen molar-refractivity contribution < 1.29 is 29.3 Å². The molecule has 2 aromatic carbocycles. The molecule has 0 radical (unpaired) electrons. The largest absolute Gasteiger partial charge is 0.481 e. The molecule has 3 aromatic rings. The van der Waals surface area contributed by atoms with Crippen LogP contribution in [0.3, 0.4) is 0 Å². The number of nitrogens with one attached hydrogen (secondary N) is 1. The van der Waals surface area contributed by atoms with Crippen molar-refractivity contribution in [2.45, 2.75) is 64.1 Å². The number of hydrogen-bond donors (Lipinski definition) is 4. The van der Waals surface area contributed by atoms with Gasteiger partial charge in [-0.15, -0.1) is 0 Å². The van der Waals surface area contributed by atoms with Crippen LogP contribution in [0.5, 0.6) is 0 Å². The first-order valence-electron chi connectivity index (χ1n) is 15.1. The number of rotatable bonds is 12. The Balaban J connectivity index is 1.83. The Labute approximate surface area is 258 Å². The highest BCUT2D eigenvalue weighted by Gasteiger charge is 2.26. The van der Waals surface area contributed by atoms with Crippen molar-refractivity contribution in [3.63, 3.8) is 0 Å². The molecule has 1 aliphatic rings. The van der Waals surface area contributed by atoms with Crippen molar-refractivity contribution in [2.24, 2.45) is 0 Å². The number of fused-ring (bicyclic) bond motifs is 3. The first-order valence-corrected chi connectivity index (χ1v) is 15.1. The van der Waals surface area contributed by atoms with E-state index in [-0.39, 0.29) is 24.1 Å². The quantitative estimate of drug-likeness (QED) is 0.228. The first-order chi connectivity index (χ1) is 20.9. The molecule has 2 atom stereocenters. The van der Waals surface area contributed by atoms with Crippen molar-refractivity contribution in [1.29, 1.82) is 0 Å². The average Bonchev–Trinajstić information content (AvgIpc) is 3.13. The zero-order valence-electron chi connectivity index (χ0n) is 25.8. The van der Waals surface area contributed by atoms with Gasteiger partial charge in [0, 0.05) is 36.2 Å². The molecule has 1 heterocycles. The van der Waals surface area contributed by atoms with E-state index in [1.807, 2.05) is 51.0 Å². The van der Waals surface area contributed by atoms with Crippen LogP contribution in [0.4, 0.5) is 4.39 Å². The van der Waals surface area contributed by atoms with Crippen molar-refractivity contribution >= 4 is 18.0 Å². The molecule has 4 N–H and O–H groups in total. The molecule has 0 aliphatic heterocycles. The number of benzene rings is 2. The number of carbonyl (C=O) groups excluding carboxylic acids is 1. The van der Waals surface area contributed by atoms with Gasteiger partial charge in [0.2, 0.25) is 0 Å². The zero-order chi connectivity index (χ0) is 32.0. The van der Waals surface area contributed by atoms with Crippen LogP contribution in [0.15, 0.2) is 48.5 Å². The van der Waals surface area contributed by atoms with Crippen LogP contribution in [0, 0.1) is 5.82 Å². The molecule has 0 saturated heterocycles. The molecule has 0 unspecified atom stereocenters. The van der Waals surface area contributed by atoms with E-state index in [9.17, 15) is 24.2 Å². The van der Waals surface area contributed by atoms with Gasteiger partial charge in [-0.25, -0.2) is 4.39 Å². The van der Waals surface area contributed by atoms with Crippen LogP contribution in [0.25, 0.3) is 28.5 Å². The van der Waals surface area contributed by atoms with E-state index < -0.39 is 24.6 Å². The van der Waals surface area contributed by atoms with Crippen LogP contribution in [0.2, 0.25) is 0 Å². The van der Waals surface area contributed by atoms with E-state index in [0.29, 0.717) is 18.5 Å². The summed E-state index contributed by atoms with van der Waals surface area (Å²) in [6.07, 6.45) is 2.77. The summed E-state index contributed by atoms with van der Waals surface area (Å²) in [5.74, 6) is -1.61. The Hall–Kier alpha value is -3.92. The van der Waals surface area contributed by atoms with Crippen LogP contribution >= 0.6 is 0 Å². The highest BCUT2D eigenvalue weighted by Crippen LogP contribution is 2.42. The summed E-state index contributed by atoms with van der Waals surface area (Å²) in [5, 5.41) is 32.6. The highest BCUT2D eigenvalue weighted by atomic mass is 19.1. The summed E-state index contributed by atoms with van der Waals surface area (Å²) in [7, 11) is 3.92. The maximum absolute atomic E-state index is 14.0. The monoisotopic (exact) mass is 603 g/mol. The van der Waals surface area contributed by atoms with Crippen molar-refractivity contribution in [3.05, 3.63) is 82.3 Å². The molecular formula is C35H42FN3O5. The highest BCUT2D eigenvalue weighted by molar-refractivity contribution is 5.95. The summed E-state index contributed by atoms with van der Waals surface area (Å²) in [4.78, 5) is 31.1. The zero-order valence-corrected chi connectivity index (χ0v) is 25.8. The summed E-state index contributed by atoms with van der Waals surface area (Å²) >= 11 is 0. The Kier molecular flexibility index (Phi) is 11.0. The average molecular weight is 604 g/mol. The number of pyridine rings is 1. The Morgan fingerprint density at radius 3 is 2.48 bits per heavy atom. The minimum absolute atomic E-state index is 0.0117. The molecule has 0 fully saturated rings. The van der Waals surface area contributed by atoms with Gasteiger partial charge in [-0.2, -0.15) is 0 Å². The predicted molar refractivity (Wildman–Crippen MR) is 170 cm³/mol. The summed E-state index contributed by atoms with van der Waals surface area (Å²) in [5.41, 5.74) is 7.72. The van der Waals surface area contributed by atoms with Gasteiger partial charge in [0.15, 0.2) is 0 Å². The van der Waals surface area contributed by atoms with Gasteiger partial charge < -0.3 is 25.5 Å². The van der Waals surface area contributed by atoms with Gasteiger partial charge in [-0.1, -0.05) is 44.2 Å². The molecule has 1 aromatic heterocycles. The van der Waals surface area contributed by atoms with Crippen LogP contribution in [0.1, 0.15) is 71.8 Å². The minimum atomic E-state index is -1.19. The Morgan fingerprint density at radius 2 is 1.82 bits per heavy atom. The molecule has 44 heavy (non-hydrogen) atoms. The number of halogens is 1. The van der Waals surface area contributed by atoms with Gasteiger partial charge in [0.1, 0.15) is 5.82 Å². The van der Waals surface area contributed by atoms with Gasteiger partial charge in [0.05, 0.1) is 30.0 Å². The number of likely N-dealkylation sites (N-methyl/N-ethyl adjacent to an activating group) is 1. The van der Waals surface area contributed by atoms with E-state index in [1.165, 1.54) is 12.1 Å². The predicted octanol–water partition coefficient (Wildman–Crippen LogP) is 5.06. The van der Waals surface area contributed by atoms with E-state index in [2.05, 4.69) is 5.32 Å². The molecule has 8 nitrogen and oxygen atoms in total. The molecule has 1 amide bonds. The lowest BCUT2D eigenvalue weighted by atomic mass is 9.86. The Morgan fingerprint density at radius 1 is 1.09 bits per heavy atom. The molecule has 0 spiro atoms. The van der Waals surface area contributed by atoms with Gasteiger partial charge in [0.25, 0.3) is 5.91 Å². The van der Waals surface area contributed by atoms with Crippen LogP contribution in [-0.2, 0) is 17.6 Å². The fraction of sp³-hybridized carbons (Fsp3) is 0.400. The normalized spacial score (nSPS) is 14.3. The summed E-state index contributed by atoms with van der Waals surface area (Å²) in [6, 6.07) is 12.1. The van der Waals surface area contributed by atoms with E-state index >= 15 is 0 Å². The number of carbonyl (C=O) groups is 2. The molecule has 1 aliphatic carbocycles. The number of aromatic nitrogens is 1. The summed E-state index contributed by atoms with van der Waals surface area (Å²) < 4.78 is 14.0. The van der Waals surface area contributed by atoms with E-state index in [1.54, 1.807) is 24.3 Å². The fourth-order valence-electron chi connectivity index (χ4n) is 5.65. The molecule has 234 valence electrons. The molecular weight excluding hydrogens is 561 g/mol. The van der Waals surface area contributed by atoms with Gasteiger partial charge in [-0.05, 0) is 85.8 Å². The number of carboxylic acid groups (broad SMARTS) is 1. The van der Waals surface area contributed by atoms with Crippen LogP contribution < -0.4 is 5.32 Å². The number of amides is 1. The number of hydrogen-bond acceptors (Lipinski definition) is 6. The fourth-order valence-corrected chi connectivity index (χ4v) is 5.65. The maximum atomic E-state index is 14.0. The number of nitrogens with zero attached hydrogens (tertiary/aromatic N) is 2. The molecule has 4 rings (SSSR count). The number of aliphatic hydroxyl groups is 2. The van der Waals surface area contributed by atoms with Crippen LogP contribution in [-0.4, -0.2) is 76.5 Å². The van der Waals surface area contributed by atoms with Crippen molar-refractivity contribution in [2.75, 3.05) is 27.2 Å². The standard InChI is InChI=1S/C35H42FN3O5/c1-21(2)33-30(15-13-26(40)19-27(41)20-31(42)43)32(22-8-11-25(36)12-9-22)29-7-5-6-23-18-24(10-14-28(23)34(29)38-33)35(44)37-16-17-39(3)4/h8-15,18,21,26-27,40-41H,5-7,16-17,19-20H2,1-4H3,(H,37,44)(H,42,43)/b15-13+/t26-,27-/m1/s1. The summed E-state index contributed by atoms with van der Waals surface area (Å²) in [6.45, 7) is 5.36. The topological polar surface area (TPSA) is 123 Å². The smallest absolute Gasteiger partial charge is 0.305 e. The minimum Gasteiger partial charge on any atom is -0.481 e. The third kappa shape index (κ3) is 8.16. The van der Waals surface area contributed by atoms with Crippen molar-refractivity contribution in [3.8, 4) is 22.4 Å². The van der Waals surface area contributed by atoms with Crippen molar-refractivity contribution in [1.82, 2.24) is 15.2 Å². The number of carboxylic acids is 1. The number of aliphatic hydroxyl groups excluding tert-OH is 2. The third-order valence-electron chi connectivity index (χ3n) is 7.79. The SMILES string of the molecule is CC(C)c1nc2c(c(-c3ccc(F)cc3)c1/C=C/[C@@H](O)C[C@@H](O)CC(=O)O)CCCc1cc(C(=O)NCCN(C)C)ccc1-2. The molecule has 0 bridgehead atoms. The second-order valence-corrected chi connectivity index (χ2v) is 12.0. The molecule has 9 heteroatoms. The molecule has 0 saturated carbocycles. The first kappa shape index (κ1) is 33.0. The lowest BCUT2D eigenvalue weighted by Gasteiger charge is -2.22. The maximum Gasteiger partial charge on any atom is 0.305 e. The van der Waals surface area contributed by atoms with E-state index in [4.69, 9.17) is 10.1 Å². The number of aliphatic carboxylic acids is 1. The van der Waals surface area contributed by atoms with Gasteiger partial charge >= 0.3 is 5.97 Å². The van der Waals surface area contributed by atoms with Gasteiger partial charge in [-0.3, -0.25) is 14.6 Å². The number of aryl methyl sites for hydroxylation is 1. The second kappa shape index (κ2) is 14.7. The Bertz CT molecular complexity index is 1520. The lowest BCUT2D eigenvalue weighted by molar-refractivity contribution is -0.139. The third-order valence-corrected chi connectivity index (χ3v) is 7.79. The lowest BCUT2D eigenvalue weighted by Crippen LogP contribution is -2.31.